The molecular formula is C13H8ClN3O. The fourth-order valence-corrected chi connectivity index (χ4v) is 2.04. The Morgan fingerprint density at radius 3 is 2.61 bits per heavy atom. The minimum absolute atomic E-state index is 0.263. The Morgan fingerprint density at radius 2 is 1.89 bits per heavy atom. The molecule has 0 N–H and O–H groups in total. The van der Waals surface area contributed by atoms with Crippen molar-refractivity contribution in [1.29, 1.82) is 0 Å². The summed E-state index contributed by atoms with van der Waals surface area (Å²) in [5, 5.41) is 3.60. The fraction of sp³-hybridized carbons (Fsp3) is 0. The second kappa shape index (κ2) is 4.23. The highest BCUT2D eigenvalue weighted by atomic mass is 35.5. The van der Waals surface area contributed by atoms with Crippen LogP contribution in [-0.4, -0.2) is 9.38 Å². The normalized spacial score (nSPS) is 10.7. The van der Waals surface area contributed by atoms with E-state index in [1.54, 1.807) is 22.7 Å². The molecule has 0 saturated carbocycles. The second-order valence-electron chi connectivity index (χ2n) is 3.82. The molecule has 18 heavy (non-hydrogen) atoms. The molecule has 0 aliphatic carbocycles. The Labute approximate surface area is 108 Å². The van der Waals surface area contributed by atoms with Gasteiger partial charge in [0.1, 0.15) is 11.3 Å². The first-order chi connectivity index (χ1) is 8.79. The highest BCUT2D eigenvalue weighted by Crippen LogP contribution is 2.31. The number of imidazole rings is 1. The average Bonchev–Trinajstić information content (AvgIpc) is 2.77. The van der Waals surface area contributed by atoms with Gasteiger partial charge in [-0.25, -0.2) is 4.98 Å². The number of aromatic nitrogens is 2. The van der Waals surface area contributed by atoms with E-state index in [1.165, 1.54) is 0 Å². The summed E-state index contributed by atoms with van der Waals surface area (Å²) in [6.45, 7) is 0. The molecule has 0 atom stereocenters. The van der Waals surface area contributed by atoms with Crippen molar-refractivity contribution in [3.05, 3.63) is 58.6 Å². The predicted octanol–water partition coefficient (Wildman–Crippen LogP) is 4.05. The standard InChI is InChI=1S/C13H8ClN3O/c14-10-6-7-11-15-12(9-4-2-1-3-5-9)13(16-18)17(11)8-10/h1-8H. The molecule has 0 aliphatic heterocycles. The van der Waals surface area contributed by atoms with Crippen molar-refractivity contribution in [3.63, 3.8) is 0 Å². The summed E-state index contributed by atoms with van der Waals surface area (Å²) in [5.41, 5.74) is 2.06. The Morgan fingerprint density at radius 1 is 1.11 bits per heavy atom. The van der Waals surface area contributed by atoms with Gasteiger partial charge in [-0.1, -0.05) is 41.9 Å². The summed E-state index contributed by atoms with van der Waals surface area (Å²) in [6, 6.07) is 12.9. The van der Waals surface area contributed by atoms with E-state index in [9.17, 15) is 4.91 Å². The van der Waals surface area contributed by atoms with Gasteiger partial charge in [0.25, 0.3) is 0 Å². The molecule has 2 aromatic heterocycles. The van der Waals surface area contributed by atoms with Crippen LogP contribution in [0.5, 0.6) is 0 Å². The fourth-order valence-electron chi connectivity index (χ4n) is 1.88. The molecule has 1 aromatic carbocycles. The third-order valence-electron chi connectivity index (χ3n) is 2.69. The Hall–Kier alpha value is -2.20. The highest BCUT2D eigenvalue weighted by molar-refractivity contribution is 6.30. The van der Waals surface area contributed by atoms with Crippen LogP contribution >= 0.6 is 11.6 Å². The predicted molar refractivity (Wildman–Crippen MR) is 71.1 cm³/mol. The van der Waals surface area contributed by atoms with Gasteiger partial charge in [-0.2, -0.15) is 0 Å². The number of pyridine rings is 1. The van der Waals surface area contributed by atoms with Gasteiger partial charge in [-0.15, -0.1) is 4.91 Å². The van der Waals surface area contributed by atoms with Gasteiger partial charge >= 0.3 is 0 Å². The van der Waals surface area contributed by atoms with Crippen LogP contribution in [0.2, 0.25) is 5.02 Å². The zero-order valence-electron chi connectivity index (χ0n) is 9.25. The lowest BCUT2D eigenvalue weighted by atomic mass is 10.1. The molecule has 0 aliphatic rings. The number of hydrogen-bond donors (Lipinski definition) is 0. The number of benzene rings is 1. The molecule has 0 bridgehead atoms. The third kappa shape index (κ3) is 1.67. The van der Waals surface area contributed by atoms with Crippen molar-refractivity contribution in [1.82, 2.24) is 9.38 Å². The topological polar surface area (TPSA) is 46.7 Å². The molecule has 4 nitrogen and oxygen atoms in total. The number of nitroso groups, excluding NO2 is 1. The maximum atomic E-state index is 11.0. The van der Waals surface area contributed by atoms with E-state index in [1.807, 2.05) is 30.3 Å². The Bertz CT molecular complexity index is 722. The number of fused-ring (bicyclic) bond motifs is 1. The van der Waals surface area contributed by atoms with Crippen LogP contribution in [0.15, 0.2) is 53.8 Å². The lowest BCUT2D eigenvalue weighted by Crippen LogP contribution is -1.82. The molecule has 0 fully saturated rings. The first kappa shape index (κ1) is 10.9. The summed E-state index contributed by atoms with van der Waals surface area (Å²) >= 11 is 5.91. The van der Waals surface area contributed by atoms with Gasteiger partial charge in [-0.3, -0.25) is 4.40 Å². The van der Waals surface area contributed by atoms with E-state index in [0.717, 1.165) is 5.56 Å². The minimum Gasteiger partial charge on any atom is -0.280 e. The van der Waals surface area contributed by atoms with Gasteiger partial charge in [0, 0.05) is 11.8 Å². The maximum Gasteiger partial charge on any atom is 0.209 e. The smallest absolute Gasteiger partial charge is 0.209 e. The zero-order valence-corrected chi connectivity index (χ0v) is 10.0. The molecule has 0 saturated heterocycles. The van der Waals surface area contributed by atoms with Gasteiger partial charge in [-0.05, 0) is 17.3 Å². The van der Waals surface area contributed by atoms with E-state index in [4.69, 9.17) is 11.6 Å². The number of nitrogens with zero attached hydrogens (tertiary/aromatic N) is 3. The SMILES string of the molecule is O=Nc1c(-c2ccccc2)nc2ccc(Cl)cn12. The largest absolute Gasteiger partial charge is 0.280 e. The zero-order chi connectivity index (χ0) is 12.5. The molecule has 0 unspecified atom stereocenters. The lowest BCUT2D eigenvalue weighted by Gasteiger charge is -1.96. The summed E-state index contributed by atoms with van der Waals surface area (Å²) in [4.78, 5) is 15.4. The number of rotatable bonds is 2. The molecular weight excluding hydrogens is 250 g/mol. The third-order valence-corrected chi connectivity index (χ3v) is 2.91. The van der Waals surface area contributed by atoms with Crippen molar-refractivity contribution in [3.8, 4) is 11.3 Å². The molecule has 5 heteroatoms. The first-order valence-corrected chi connectivity index (χ1v) is 5.74. The molecule has 88 valence electrons. The summed E-state index contributed by atoms with van der Waals surface area (Å²) in [6.07, 6.45) is 1.63. The number of hydrogen-bond acceptors (Lipinski definition) is 3. The van der Waals surface area contributed by atoms with E-state index in [0.29, 0.717) is 16.4 Å². The van der Waals surface area contributed by atoms with Crippen LogP contribution in [-0.2, 0) is 0 Å². The van der Waals surface area contributed by atoms with Gasteiger partial charge in [0.05, 0.1) is 5.02 Å². The van der Waals surface area contributed by atoms with Crippen molar-refractivity contribution >= 4 is 23.1 Å². The molecule has 0 spiro atoms. The lowest BCUT2D eigenvalue weighted by molar-refractivity contribution is 1.16. The van der Waals surface area contributed by atoms with Crippen LogP contribution in [0.1, 0.15) is 0 Å². The second-order valence-corrected chi connectivity index (χ2v) is 4.25. The quantitative estimate of drug-likeness (QED) is 0.650. The number of halogens is 1. The van der Waals surface area contributed by atoms with Crippen LogP contribution in [0, 0.1) is 4.91 Å². The molecule has 0 radical (unpaired) electrons. The summed E-state index contributed by atoms with van der Waals surface area (Å²) in [7, 11) is 0. The van der Waals surface area contributed by atoms with Gasteiger partial charge < -0.3 is 0 Å². The van der Waals surface area contributed by atoms with E-state index >= 15 is 0 Å². The molecule has 2 heterocycles. The van der Waals surface area contributed by atoms with Gasteiger partial charge in [0.15, 0.2) is 0 Å². The minimum atomic E-state index is 0.263. The van der Waals surface area contributed by atoms with Crippen molar-refractivity contribution in [2.75, 3.05) is 0 Å². The maximum absolute atomic E-state index is 11.0. The Balaban J connectivity index is 2.33. The van der Waals surface area contributed by atoms with E-state index in [2.05, 4.69) is 10.2 Å². The summed E-state index contributed by atoms with van der Waals surface area (Å²) in [5.74, 6) is 0.263. The molecule has 3 rings (SSSR count). The van der Waals surface area contributed by atoms with Crippen LogP contribution in [0.25, 0.3) is 16.9 Å². The first-order valence-electron chi connectivity index (χ1n) is 5.36. The molecule has 3 aromatic rings. The van der Waals surface area contributed by atoms with Crippen molar-refractivity contribution in [2.24, 2.45) is 5.18 Å². The average molecular weight is 258 g/mol. The molecule has 0 amide bonds. The van der Waals surface area contributed by atoms with Crippen molar-refractivity contribution in [2.45, 2.75) is 0 Å². The van der Waals surface area contributed by atoms with Crippen LogP contribution in [0.3, 0.4) is 0 Å². The van der Waals surface area contributed by atoms with Crippen LogP contribution in [0.4, 0.5) is 5.82 Å². The van der Waals surface area contributed by atoms with E-state index < -0.39 is 0 Å². The van der Waals surface area contributed by atoms with E-state index in [-0.39, 0.29) is 5.82 Å². The van der Waals surface area contributed by atoms with Crippen molar-refractivity contribution < 1.29 is 0 Å². The highest BCUT2D eigenvalue weighted by Gasteiger charge is 2.14. The Kier molecular flexibility index (Phi) is 2.57. The monoisotopic (exact) mass is 257 g/mol. The summed E-state index contributed by atoms with van der Waals surface area (Å²) < 4.78 is 1.59. The van der Waals surface area contributed by atoms with Gasteiger partial charge in [0.2, 0.25) is 5.82 Å². The van der Waals surface area contributed by atoms with Crippen LogP contribution < -0.4 is 0 Å².